The predicted octanol–water partition coefficient (Wildman–Crippen LogP) is 4.73. The smallest absolute Gasteiger partial charge is 0.273 e. The SMILES string of the molecule is C[C@H]1CCCN(C(=O)c2csc(-c3ccc(Cl)cc3)n2)CC1. The highest BCUT2D eigenvalue weighted by Crippen LogP contribution is 2.26. The van der Waals surface area contributed by atoms with Crippen LogP contribution in [0.2, 0.25) is 5.02 Å². The first-order chi connectivity index (χ1) is 10.6. The maximum atomic E-state index is 12.6. The van der Waals surface area contributed by atoms with Crippen molar-refractivity contribution >= 4 is 28.8 Å². The van der Waals surface area contributed by atoms with E-state index in [1.807, 2.05) is 34.5 Å². The van der Waals surface area contributed by atoms with Crippen LogP contribution in [0, 0.1) is 5.92 Å². The van der Waals surface area contributed by atoms with Crippen LogP contribution in [0.25, 0.3) is 10.6 Å². The molecule has 1 fully saturated rings. The Bertz CT molecular complexity index is 653. The van der Waals surface area contributed by atoms with Crippen LogP contribution < -0.4 is 0 Å². The van der Waals surface area contributed by atoms with Crippen molar-refractivity contribution < 1.29 is 4.79 Å². The van der Waals surface area contributed by atoms with E-state index in [0.717, 1.165) is 36.5 Å². The highest BCUT2D eigenvalue weighted by atomic mass is 35.5. The quantitative estimate of drug-likeness (QED) is 0.795. The number of likely N-dealkylation sites (tertiary alicyclic amines) is 1. The van der Waals surface area contributed by atoms with Gasteiger partial charge in [0.25, 0.3) is 5.91 Å². The zero-order chi connectivity index (χ0) is 15.5. The fourth-order valence-electron chi connectivity index (χ4n) is 2.73. The minimum atomic E-state index is 0.0607. The van der Waals surface area contributed by atoms with E-state index in [1.54, 1.807) is 0 Å². The van der Waals surface area contributed by atoms with Crippen molar-refractivity contribution in [3.8, 4) is 10.6 Å². The molecule has 1 aliphatic rings. The number of nitrogens with zero attached hydrogens (tertiary/aromatic N) is 2. The predicted molar refractivity (Wildman–Crippen MR) is 91.5 cm³/mol. The fraction of sp³-hybridized carbons (Fsp3) is 0.412. The second kappa shape index (κ2) is 6.80. The third-order valence-electron chi connectivity index (χ3n) is 4.12. The Morgan fingerprint density at radius 1 is 1.27 bits per heavy atom. The molecule has 2 heterocycles. The van der Waals surface area contributed by atoms with Gasteiger partial charge >= 0.3 is 0 Å². The van der Waals surface area contributed by atoms with Gasteiger partial charge in [0.1, 0.15) is 10.7 Å². The van der Waals surface area contributed by atoms with Crippen molar-refractivity contribution in [1.82, 2.24) is 9.88 Å². The van der Waals surface area contributed by atoms with E-state index in [1.165, 1.54) is 17.8 Å². The zero-order valence-electron chi connectivity index (χ0n) is 12.6. The van der Waals surface area contributed by atoms with Crippen molar-refractivity contribution in [2.45, 2.75) is 26.2 Å². The first-order valence-electron chi connectivity index (χ1n) is 7.64. The molecule has 1 aliphatic heterocycles. The molecule has 3 rings (SSSR count). The van der Waals surface area contributed by atoms with Crippen LogP contribution in [0.4, 0.5) is 0 Å². The van der Waals surface area contributed by atoms with Crippen molar-refractivity contribution in [2.24, 2.45) is 5.92 Å². The molecule has 116 valence electrons. The number of carbonyl (C=O) groups is 1. The lowest BCUT2D eigenvalue weighted by Gasteiger charge is -2.19. The van der Waals surface area contributed by atoms with E-state index in [2.05, 4.69) is 11.9 Å². The van der Waals surface area contributed by atoms with E-state index in [4.69, 9.17) is 11.6 Å². The van der Waals surface area contributed by atoms with Crippen LogP contribution in [-0.2, 0) is 0 Å². The number of hydrogen-bond acceptors (Lipinski definition) is 3. The minimum Gasteiger partial charge on any atom is -0.337 e. The van der Waals surface area contributed by atoms with E-state index in [-0.39, 0.29) is 5.91 Å². The van der Waals surface area contributed by atoms with Crippen molar-refractivity contribution in [3.63, 3.8) is 0 Å². The van der Waals surface area contributed by atoms with Gasteiger partial charge in [0.05, 0.1) is 0 Å². The molecule has 0 N–H and O–H groups in total. The van der Waals surface area contributed by atoms with Gasteiger partial charge in [-0.15, -0.1) is 11.3 Å². The molecule has 1 saturated heterocycles. The van der Waals surface area contributed by atoms with Gasteiger partial charge in [-0.05, 0) is 37.3 Å². The van der Waals surface area contributed by atoms with Gasteiger partial charge in [0.15, 0.2) is 0 Å². The van der Waals surface area contributed by atoms with E-state index in [0.29, 0.717) is 16.6 Å². The molecule has 2 aromatic rings. The summed E-state index contributed by atoms with van der Waals surface area (Å²) in [6.07, 6.45) is 3.37. The Balaban J connectivity index is 1.75. The third kappa shape index (κ3) is 3.50. The highest BCUT2D eigenvalue weighted by molar-refractivity contribution is 7.13. The summed E-state index contributed by atoms with van der Waals surface area (Å²) in [7, 11) is 0. The van der Waals surface area contributed by atoms with Crippen LogP contribution in [-0.4, -0.2) is 28.9 Å². The van der Waals surface area contributed by atoms with Gasteiger partial charge in [-0.1, -0.05) is 30.7 Å². The molecule has 1 aromatic carbocycles. The molecule has 1 aromatic heterocycles. The minimum absolute atomic E-state index is 0.0607. The van der Waals surface area contributed by atoms with Crippen molar-refractivity contribution in [2.75, 3.05) is 13.1 Å². The van der Waals surface area contributed by atoms with Gasteiger partial charge in [0, 0.05) is 29.1 Å². The summed E-state index contributed by atoms with van der Waals surface area (Å²) in [5, 5.41) is 3.43. The van der Waals surface area contributed by atoms with Gasteiger partial charge < -0.3 is 4.90 Å². The summed E-state index contributed by atoms with van der Waals surface area (Å²) < 4.78 is 0. The number of amides is 1. The molecule has 0 saturated carbocycles. The summed E-state index contributed by atoms with van der Waals surface area (Å²) in [5.41, 5.74) is 1.56. The lowest BCUT2D eigenvalue weighted by atomic mass is 10.0. The van der Waals surface area contributed by atoms with Gasteiger partial charge in [0.2, 0.25) is 0 Å². The molecule has 1 amide bonds. The lowest BCUT2D eigenvalue weighted by Crippen LogP contribution is -2.32. The maximum absolute atomic E-state index is 12.6. The first-order valence-corrected chi connectivity index (χ1v) is 8.90. The molecule has 0 spiro atoms. The number of rotatable bonds is 2. The molecule has 0 radical (unpaired) electrons. The summed E-state index contributed by atoms with van der Waals surface area (Å²) in [6.45, 7) is 3.94. The van der Waals surface area contributed by atoms with Crippen LogP contribution in [0.1, 0.15) is 36.7 Å². The van der Waals surface area contributed by atoms with Crippen LogP contribution >= 0.6 is 22.9 Å². The Hall–Kier alpha value is -1.39. The van der Waals surface area contributed by atoms with Crippen molar-refractivity contribution in [1.29, 1.82) is 0 Å². The first kappa shape index (κ1) is 15.5. The van der Waals surface area contributed by atoms with Crippen molar-refractivity contribution in [3.05, 3.63) is 40.4 Å². The second-order valence-electron chi connectivity index (χ2n) is 5.87. The summed E-state index contributed by atoms with van der Waals surface area (Å²) in [5.74, 6) is 0.767. The normalized spacial score (nSPS) is 19.0. The maximum Gasteiger partial charge on any atom is 0.273 e. The zero-order valence-corrected chi connectivity index (χ0v) is 14.2. The molecule has 0 bridgehead atoms. The summed E-state index contributed by atoms with van der Waals surface area (Å²) in [4.78, 5) is 19.1. The number of carbonyl (C=O) groups excluding carboxylic acids is 1. The van der Waals surface area contributed by atoms with Crippen LogP contribution in [0.15, 0.2) is 29.6 Å². The summed E-state index contributed by atoms with van der Waals surface area (Å²) in [6, 6.07) is 7.55. The molecule has 0 aliphatic carbocycles. The number of aromatic nitrogens is 1. The Morgan fingerprint density at radius 2 is 2.05 bits per heavy atom. The van der Waals surface area contributed by atoms with Gasteiger partial charge in [-0.3, -0.25) is 4.79 Å². The molecular formula is C17H19ClN2OS. The Labute approximate surface area is 139 Å². The lowest BCUT2D eigenvalue weighted by molar-refractivity contribution is 0.0755. The topological polar surface area (TPSA) is 33.2 Å². The molecular weight excluding hydrogens is 316 g/mol. The Kier molecular flexibility index (Phi) is 4.79. The Morgan fingerprint density at radius 3 is 2.82 bits per heavy atom. The summed E-state index contributed by atoms with van der Waals surface area (Å²) >= 11 is 7.41. The highest BCUT2D eigenvalue weighted by Gasteiger charge is 2.21. The third-order valence-corrected chi connectivity index (χ3v) is 5.26. The molecule has 1 atom stereocenters. The fourth-order valence-corrected chi connectivity index (χ4v) is 3.65. The number of halogens is 1. The van der Waals surface area contributed by atoms with E-state index in [9.17, 15) is 4.79 Å². The standard InChI is InChI=1S/C17H19ClN2OS/c1-12-3-2-9-20(10-8-12)17(21)15-11-22-16(19-15)13-4-6-14(18)7-5-13/h4-7,11-12H,2-3,8-10H2,1H3/t12-/m0/s1. The monoisotopic (exact) mass is 334 g/mol. The van der Waals surface area contributed by atoms with Gasteiger partial charge in [-0.25, -0.2) is 4.98 Å². The second-order valence-corrected chi connectivity index (χ2v) is 7.17. The number of hydrogen-bond donors (Lipinski definition) is 0. The van der Waals surface area contributed by atoms with E-state index < -0.39 is 0 Å². The molecule has 0 unspecified atom stereocenters. The largest absolute Gasteiger partial charge is 0.337 e. The number of benzene rings is 1. The average molecular weight is 335 g/mol. The molecule has 3 nitrogen and oxygen atoms in total. The van der Waals surface area contributed by atoms with Gasteiger partial charge in [-0.2, -0.15) is 0 Å². The number of thiazole rings is 1. The van der Waals surface area contributed by atoms with Crippen LogP contribution in [0.3, 0.4) is 0 Å². The average Bonchev–Trinajstić information content (AvgIpc) is 2.90. The molecule has 22 heavy (non-hydrogen) atoms. The van der Waals surface area contributed by atoms with E-state index >= 15 is 0 Å². The van der Waals surface area contributed by atoms with Crippen LogP contribution in [0.5, 0.6) is 0 Å². The molecule has 5 heteroatoms.